The van der Waals surface area contributed by atoms with Crippen LogP contribution in [0, 0.1) is 11.8 Å². The fraction of sp³-hybridized carbons (Fsp3) is 0.298. The van der Waals surface area contributed by atoms with E-state index in [9.17, 15) is 0 Å². The minimum Gasteiger partial charge on any atom is -0.0625 e. The first kappa shape index (κ1) is 37.4. The van der Waals surface area contributed by atoms with Crippen LogP contribution in [0.2, 0.25) is 0 Å². The number of hydrogen-bond acceptors (Lipinski definition) is 0. The average molecular weight is 743 g/mol. The SMILES string of the molecule is CC(C)Cc1ccc(C2(c3ccc(C(C)(C)C)cc3)c3cc(-c4ccc5ccc6cc(CC(C)C)cc7ccc4c5c67)ccc3-c3ccc(C(C)(C)C)cc32)cc1. The van der Waals surface area contributed by atoms with E-state index in [1.54, 1.807) is 0 Å². The van der Waals surface area contributed by atoms with Gasteiger partial charge in [-0.1, -0.05) is 197 Å². The second-order valence-corrected chi connectivity index (χ2v) is 20.0. The molecule has 1 atom stereocenters. The normalized spacial score (nSPS) is 15.7. The standard InChI is InChI=1S/C57H58/c1-35(2)29-37-11-18-44(19-12-37)57(45-22-20-43(21-23-45)55(5,6)7)51-33-40(16-26-48(51)49-28-24-46(34-52(49)57)56(8,9)10)47-25-15-39-13-14-41-31-38(30-36(3)4)32-42-17-27-50(47)54(39)53(41)42/h11-28,31-36H,29-30H2,1-10H3. The van der Waals surface area contributed by atoms with Gasteiger partial charge in [-0.3, -0.25) is 0 Å². The second-order valence-electron chi connectivity index (χ2n) is 20.0. The zero-order valence-corrected chi connectivity index (χ0v) is 35.8. The summed E-state index contributed by atoms with van der Waals surface area (Å²) in [5.74, 6) is 1.23. The maximum atomic E-state index is 2.55. The van der Waals surface area contributed by atoms with Crippen LogP contribution >= 0.6 is 0 Å². The Morgan fingerprint density at radius 2 is 0.912 bits per heavy atom. The summed E-state index contributed by atoms with van der Waals surface area (Å²) in [6.07, 6.45) is 2.17. The number of hydrogen-bond donors (Lipinski definition) is 0. The van der Waals surface area contributed by atoms with Crippen molar-refractivity contribution in [2.45, 2.75) is 98.3 Å². The van der Waals surface area contributed by atoms with Gasteiger partial charge in [0.2, 0.25) is 0 Å². The summed E-state index contributed by atoms with van der Waals surface area (Å²) in [5.41, 5.74) is 15.7. The molecular formula is C57H58. The van der Waals surface area contributed by atoms with Gasteiger partial charge < -0.3 is 0 Å². The third kappa shape index (κ3) is 6.19. The fourth-order valence-corrected chi connectivity index (χ4v) is 10.1. The second kappa shape index (κ2) is 13.4. The molecule has 0 heterocycles. The van der Waals surface area contributed by atoms with Crippen molar-refractivity contribution in [1.82, 2.24) is 0 Å². The predicted molar refractivity (Wildman–Crippen MR) is 247 cm³/mol. The molecular weight excluding hydrogens is 685 g/mol. The van der Waals surface area contributed by atoms with E-state index < -0.39 is 5.41 Å². The molecule has 1 unspecified atom stereocenters. The molecule has 1 aliphatic carbocycles. The van der Waals surface area contributed by atoms with Crippen molar-refractivity contribution in [3.05, 3.63) is 178 Å². The van der Waals surface area contributed by atoms with Gasteiger partial charge in [-0.15, -0.1) is 0 Å². The van der Waals surface area contributed by atoms with E-state index in [1.165, 1.54) is 99.1 Å². The first-order chi connectivity index (χ1) is 27.1. The third-order valence-corrected chi connectivity index (χ3v) is 12.8. The van der Waals surface area contributed by atoms with Crippen molar-refractivity contribution in [1.29, 1.82) is 0 Å². The molecule has 0 heteroatoms. The first-order valence-corrected chi connectivity index (χ1v) is 21.3. The molecule has 0 nitrogen and oxygen atoms in total. The van der Waals surface area contributed by atoms with Gasteiger partial charge in [0.15, 0.2) is 0 Å². The zero-order chi connectivity index (χ0) is 40.0. The molecule has 0 saturated carbocycles. The van der Waals surface area contributed by atoms with E-state index in [-0.39, 0.29) is 10.8 Å². The fourth-order valence-electron chi connectivity index (χ4n) is 10.1. The Kier molecular flexibility index (Phi) is 8.82. The molecule has 0 saturated heterocycles. The minimum absolute atomic E-state index is 0.00912. The number of fused-ring (bicyclic) bond motifs is 3. The van der Waals surface area contributed by atoms with Crippen molar-refractivity contribution in [3.63, 3.8) is 0 Å². The quantitative estimate of drug-likeness (QED) is 0.143. The zero-order valence-electron chi connectivity index (χ0n) is 35.8. The lowest BCUT2D eigenvalue weighted by molar-refractivity contribution is 0.586. The van der Waals surface area contributed by atoms with Crippen LogP contribution in [0.25, 0.3) is 54.6 Å². The molecule has 0 fully saturated rings. The van der Waals surface area contributed by atoms with Crippen LogP contribution in [-0.2, 0) is 29.1 Å². The number of benzene rings is 8. The lowest BCUT2D eigenvalue weighted by Gasteiger charge is -2.35. The van der Waals surface area contributed by atoms with Gasteiger partial charge in [0.25, 0.3) is 0 Å². The van der Waals surface area contributed by atoms with Crippen LogP contribution in [-0.4, -0.2) is 0 Å². The summed E-state index contributed by atoms with van der Waals surface area (Å²) < 4.78 is 0. The maximum Gasteiger partial charge on any atom is 0.0713 e. The van der Waals surface area contributed by atoms with Gasteiger partial charge in [0.05, 0.1) is 5.41 Å². The molecule has 0 radical (unpaired) electrons. The topological polar surface area (TPSA) is 0 Å². The maximum absolute atomic E-state index is 2.55. The van der Waals surface area contributed by atoms with E-state index in [1.807, 2.05) is 0 Å². The summed E-state index contributed by atoms with van der Waals surface area (Å²) in [4.78, 5) is 0. The highest BCUT2D eigenvalue weighted by Crippen LogP contribution is 2.58. The summed E-state index contributed by atoms with van der Waals surface area (Å²) in [5, 5.41) is 8.08. The van der Waals surface area contributed by atoms with Gasteiger partial charge in [-0.05, 0) is 141 Å². The van der Waals surface area contributed by atoms with Crippen LogP contribution in [0.5, 0.6) is 0 Å². The molecule has 8 aromatic rings. The molecule has 286 valence electrons. The Morgan fingerprint density at radius 3 is 1.53 bits per heavy atom. The van der Waals surface area contributed by atoms with Crippen LogP contribution < -0.4 is 0 Å². The molecule has 8 aromatic carbocycles. The Morgan fingerprint density at radius 1 is 0.421 bits per heavy atom. The smallest absolute Gasteiger partial charge is 0.0625 e. The van der Waals surface area contributed by atoms with Crippen LogP contribution in [0.15, 0.2) is 133 Å². The van der Waals surface area contributed by atoms with Gasteiger partial charge in [0, 0.05) is 0 Å². The molecule has 0 spiro atoms. The van der Waals surface area contributed by atoms with Crippen LogP contribution in [0.3, 0.4) is 0 Å². The van der Waals surface area contributed by atoms with Crippen LogP contribution in [0.1, 0.15) is 114 Å². The van der Waals surface area contributed by atoms with Gasteiger partial charge in [0.1, 0.15) is 0 Å². The summed E-state index contributed by atoms with van der Waals surface area (Å²) in [6, 6.07) is 53.0. The highest BCUT2D eigenvalue weighted by molar-refractivity contribution is 6.25. The molecule has 0 aliphatic heterocycles. The largest absolute Gasteiger partial charge is 0.0713 e. The van der Waals surface area contributed by atoms with Crippen molar-refractivity contribution >= 4 is 32.3 Å². The van der Waals surface area contributed by atoms with Crippen molar-refractivity contribution < 1.29 is 0 Å². The molecule has 1 aliphatic rings. The van der Waals surface area contributed by atoms with Gasteiger partial charge >= 0.3 is 0 Å². The van der Waals surface area contributed by atoms with Crippen molar-refractivity contribution in [2.24, 2.45) is 11.8 Å². The average Bonchev–Trinajstić information content (AvgIpc) is 3.45. The molecule has 57 heavy (non-hydrogen) atoms. The van der Waals surface area contributed by atoms with E-state index in [4.69, 9.17) is 0 Å². The summed E-state index contributed by atoms with van der Waals surface area (Å²) in [7, 11) is 0. The van der Waals surface area contributed by atoms with Gasteiger partial charge in [-0.25, -0.2) is 0 Å². The predicted octanol–water partition coefficient (Wildman–Crippen LogP) is 15.6. The Hall–Kier alpha value is -5.20. The van der Waals surface area contributed by atoms with Gasteiger partial charge in [-0.2, -0.15) is 0 Å². The molecule has 9 rings (SSSR count). The Balaban J connectivity index is 1.33. The first-order valence-electron chi connectivity index (χ1n) is 21.3. The lowest BCUT2D eigenvalue weighted by atomic mass is 9.66. The summed E-state index contributed by atoms with van der Waals surface area (Å²) in [6.45, 7) is 23.2. The third-order valence-electron chi connectivity index (χ3n) is 12.8. The minimum atomic E-state index is -0.495. The molecule has 0 amide bonds. The van der Waals surface area contributed by atoms with E-state index in [0.29, 0.717) is 11.8 Å². The summed E-state index contributed by atoms with van der Waals surface area (Å²) >= 11 is 0. The molecule has 0 bridgehead atoms. The highest BCUT2D eigenvalue weighted by Gasteiger charge is 2.47. The van der Waals surface area contributed by atoms with E-state index >= 15 is 0 Å². The molecule has 0 aromatic heterocycles. The molecule has 0 N–H and O–H groups in total. The Labute approximate surface area is 341 Å². The van der Waals surface area contributed by atoms with Crippen LogP contribution in [0.4, 0.5) is 0 Å². The van der Waals surface area contributed by atoms with Crippen molar-refractivity contribution in [2.75, 3.05) is 0 Å². The highest BCUT2D eigenvalue weighted by atomic mass is 14.5. The van der Waals surface area contributed by atoms with Crippen molar-refractivity contribution in [3.8, 4) is 22.3 Å². The van der Waals surface area contributed by atoms with E-state index in [2.05, 4.69) is 203 Å². The monoisotopic (exact) mass is 742 g/mol. The Bertz CT molecular complexity index is 2760. The number of rotatable bonds is 7. The van der Waals surface area contributed by atoms with E-state index in [0.717, 1.165) is 12.8 Å². The lowest BCUT2D eigenvalue weighted by Crippen LogP contribution is -2.29.